The summed E-state index contributed by atoms with van der Waals surface area (Å²) in [6, 6.07) is 8.17. The molecule has 1 rings (SSSR count). The molecular weight excluding hydrogens is 278 g/mol. The lowest BCUT2D eigenvalue weighted by Crippen LogP contribution is -2.43. The van der Waals surface area contributed by atoms with Crippen LogP contribution >= 0.6 is 0 Å². The van der Waals surface area contributed by atoms with Gasteiger partial charge in [0.15, 0.2) is 0 Å². The van der Waals surface area contributed by atoms with Gasteiger partial charge in [-0.05, 0) is 37.9 Å². The lowest BCUT2D eigenvalue weighted by Gasteiger charge is -2.19. The van der Waals surface area contributed by atoms with Crippen LogP contribution in [0.3, 0.4) is 0 Å². The molecular formula is C17H27N3O2. The molecule has 0 aliphatic heterocycles. The van der Waals surface area contributed by atoms with Gasteiger partial charge in [-0.3, -0.25) is 14.5 Å². The largest absolute Gasteiger partial charge is 0.355 e. The lowest BCUT2D eigenvalue weighted by molar-refractivity contribution is -0.125. The number of nitrogens with one attached hydrogen (secondary N) is 2. The molecule has 5 nitrogen and oxygen atoms in total. The molecule has 2 N–H and O–H groups in total. The van der Waals surface area contributed by atoms with Crippen molar-refractivity contribution in [2.24, 2.45) is 0 Å². The summed E-state index contributed by atoms with van der Waals surface area (Å²) in [7, 11) is 0. The average molecular weight is 305 g/mol. The van der Waals surface area contributed by atoms with E-state index in [-0.39, 0.29) is 24.9 Å². The summed E-state index contributed by atoms with van der Waals surface area (Å²) < 4.78 is 0. The molecule has 0 bridgehead atoms. The monoisotopic (exact) mass is 305 g/mol. The van der Waals surface area contributed by atoms with Crippen molar-refractivity contribution in [3.8, 4) is 0 Å². The zero-order chi connectivity index (χ0) is 16.4. The van der Waals surface area contributed by atoms with E-state index in [1.165, 1.54) is 11.1 Å². The minimum absolute atomic E-state index is 0.0419. The fraction of sp³-hybridized carbons (Fsp3) is 0.529. The van der Waals surface area contributed by atoms with Gasteiger partial charge in [-0.1, -0.05) is 31.2 Å². The summed E-state index contributed by atoms with van der Waals surface area (Å²) in [5, 5.41) is 5.66. The van der Waals surface area contributed by atoms with E-state index < -0.39 is 0 Å². The van der Waals surface area contributed by atoms with Crippen LogP contribution in [0.15, 0.2) is 24.3 Å². The van der Waals surface area contributed by atoms with Gasteiger partial charge in [-0.25, -0.2) is 0 Å². The number of benzene rings is 1. The number of rotatable bonds is 9. The van der Waals surface area contributed by atoms with Crippen LogP contribution in [0, 0.1) is 6.92 Å². The molecule has 2 amide bonds. The third-order valence-electron chi connectivity index (χ3n) is 3.53. The third kappa shape index (κ3) is 6.72. The highest BCUT2D eigenvalue weighted by molar-refractivity contribution is 5.81. The zero-order valence-electron chi connectivity index (χ0n) is 13.8. The Morgan fingerprint density at radius 1 is 1.05 bits per heavy atom. The maximum absolute atomic E-state index is 11.9. The van der Waals surface area contributed by atoms with Crippen molar-refractivity contribution in [3.05, 3.63) is 35.4 Å². The number of carbonyl (C=O) groups is 2. The topological polar surface area (TPSA) is 61.4 Å². The maximum Gasteiger partial charge on any atom is 0.234 e. The predicted molar refractivity (Wildman–Crippen MR) is 88.7 cm³/mol. The van der Waals surface area contributed by atoms with Crippen molar-refractivity contribution in [2.45, 2.75) is 27.2 Å². The van der Waals surface area contributed by atoms with Crippen LogP contribution in [0.25, 0.3) is 0 Å². The van der Waals surface area contributed by atoms with Crippen LogP contribution in [0.2, 0.25) is 0 Å². The van der Waals surface area contributed by atoms with E-state index in [9.17, 15) is 9.59 Å². The highest BCUT2D eigenvalue weighted by Crippen LogP contribution is 2.06. The number of hydrogen-bond donors (Lipinski definition) is 2. The fourth-order valence-corrected chi connectivity index (χ4v) is 2.22. The van der Waals surface area contributed by atoms with Gasteiger partial charge in [0.1, 0.15) is 0 Å². The molecule has 122 valence electrons. The van der Waals surface area contributed by atoms with E-state index in [1.807, 2.05) is 30.9 Å². The van der Waals surface area contributed by atoms with Crippen molar-refractivity contribution in [2.75, 3.05) is 32.7 Å². The van der Waals surface area contributed by atoms with Crippen LogP contribution < -0.4 is 10.6 Å². The standard InChI is InChI=1S/C17H27N3O2/c1-4-18-16(21)12-20(5-2)13-17(22)19-11-10-15-9-7-6-8-14(15)3/h6-9H,4-5,10-13H2,1-3H3,(H,18,21)(H,19,22). The van der Waals surface area contributed by atoms with Crippen LogP contribution in [-0.4, -0.2) is 49.4 Å². The van der Waals surface area contributed by atoms with Crippen molar-refractivity contribution in [1.29, 1.82) is 0 Å². The first-order chi connectivity index (χ1) is 10.6. The van der Waals surface area contributed by atoms with Gasteiger partial charge in [0.2, 0.25) is 11.8 Å². The fourth-order valence-electron chi connectivity index (χ4n) is 2.22. The zero-order valence-corrected chi connectivity index (χ0v) is 13.8. The molecule has 0 saturated heterocycles. The van der Waals surface area contributed by atoms with Crippen LogP contribution in [0.4, 0.5) is 0 Å². The van der Waals surface area contributed by atoms with E-state index in [4.69, 9.17) is 0 Å². The Labute approximate surface area is 133 Å². The van der Waals surface area contributed by atoms with Crippen molar-refractivity contribution in [1.82, 2.24) is 15.5 Å². The molecule has 0 aromatic heterocycles. The summed E-state index contributed by atoms with van der Waals surface area (Å²) in [6.45, 7) is 8.30. The second-order valence-electron chi connectivity index (χ2n) is 5.28. The molecule has 0 unspecified atom stereocenters. The Hall–Kier alpha value is -1.88. The normalized spacial score (nSPS) is 10.5. The van der Waals surface area contributed by atoms with Crippen molar-refractivity contribution >= 4 is 11.8 Å². The van der Waals surface area contributed by atoms with Gasteiger partial charge < -0.3 is 10.6 Å². The summed E-state index contributed by atoms with van der Waals surface area (Å²) in [4.78, 5) is 25.3. The van der Waals surface area contributed by atoms with E-state index in [1.54, 1.807) is 0 Å². The van der Waals surface area contributed by atoms with Gasteiger partial charge in [0.25, 0.3) is 0 Å². The Morgan fingerprint density at radius 3 is 2.27 bits per heavy atom. The third-order valence-corrected chi connectivity index (χ3v) is 3.53. The molecule has 0 heterocycles. The van der Waals surface area contributed by atoms with Gasteiger partial charge >= 0.3 is 0 Å². The first-order valence-corrected chi connectivity index (χ1v) is 7.87. The Morgan fingerprint density at radius 2 is 1.68 bits per heavy atom. The van der Waals surface area contributed by atoms with Crippen molar-refractivity contribution < 1.29 is 9.59 Å². The molecule has 0 saturated carbocycles. The number of carbonyl (C=O) groups excluding carboxylic acids is 2. The van der Waals surface area contributed by atoms with Crippen LogP contribution in [-0.2, 0) is 16.0 Å². The number of aryl methyl sites for hydroxylation is 1. The molecule has 22 heavy (non-hydrogen) atoms. The quantitative estimate of drug-likeness (QED) is 0.718. The summed E-state index contributed by atoms with van der Waals surface area (Å²) in [5.74, 6) is -0.0863. The molecule has 0 radical (unpaired) electrons. The molecule has 0 aliphatic rings. The first kappa shape index (κ1) is 18.2. The first-order valence-electron chi connectivity index (χ1n) is 7.87. The molecule has 5 heteroatoms. The Bertz CT molecular complexity index is 489. The number of nitrogens with zero attached hydrogens (tertiary/aromatic N) is 1. The van der Waals surface area contributed by atoms with Gasteiger partial charge in [0, 0.05) is 13.1 Å². The lowest BCUT2D eigenvalue weighted by atomic mass is 10.1. The Balaban J connectivity index is 2.32. The maximum atomic E-state index is 11.9. The minimum atomic E-state index is -0.0444. The summed E-state index contributed by atoms with van der Waals surface area (Å²) in [6.07, 6.45) is 0.820. The van der Waals surface area contributed by atoms with Crippen LogP contribution in [0.5, 0.6) is 0 Å². The van der Waals surface area contributed by atoms with Gasteiger partial charge in [-0.2, -0.15) is 0 Å². The second kappa shape index (κ2) is 9.95. The average Bonchev–Trinajstić information content (AvgIpc) is 2.48. The van der Waals surface area contributed by atoms with E-state index in [2.05, 4.69) is 29.7 Å². The minimum Gasteiger partial charge on any atom is -0.355 e. The van der Waals surface area contributed by atoms with E-state index in [0.29, 0.717) is 19.6 Å². The van der Waals surface area contributed by atoms with E-state index in [0.717, 1.165) is 6.42 Å². The number of hydrogen-bond acceptors (Lipinski definition) is 3. The molecule has 0 fully saturated rings. The van der Waals surface area contributed by atoms with Gasteiger partial charge in [0.05, 0.1) is 13.1 Å². The molecule has 0 atom stereocenters. The van der Waals surface area contributed by atoms with Crippen molar-refractivity contribution in [3.63, 3.8) is 0 Å². The highest BCUT2D eigenvalue weighted by atomic mass is 16.2. The number of likely N-dealkylation sites (N-methyl/N-ethyl adjacent to an activating group) is 2. The predicted octanol–water partition coefficient (Wildman–Crippen LogP) is 1.11. The molecule has 1 aromatic carbocycles. The highest BCUT2D eigenvalue weighted by Gasteiger charge is 2.12. The van der Waals surface area contributed by atoms with E-state index >= 15 is 0 Å². The molecule has 0 spiro atoms. The van der Waals surface area contributed by atoms with Crippen LogP contribution in [0.1, 0.15) is 25.0 Å². The molecule has 0 aliphatic carbocycles. The smallest absolute Gasteiger partial charge is 0.234 e. The number of amides is 2. The summed E-state index contributed by atoms with van der Waals surface area (Å²) in [5.41, 5.74) is 2.49. The van der Waals surface area contributed by atoms with Gasteiger partial charge in [-0.15, -0.1) is 0 Å². The molecule has 1 aromatic rings. The Kier molecular flexibility index (Phi) is 8.22. The second-order valence-corrected chi connectivity index (χ2v) is 5.28. The SMILES string of the molecule is CCNC(=O)CN(CC)CC(=O)NCCc1ccccc1C. The summed E-state index contributed by atoms with van der Waals surface area (Å²) >= 11 is 0.